The predicted octanol–water partition coefficient (Wildman–Crippen LogP) is 3.32. The minimum atomic E-state index is -5.07. The number of hydrogen-bond acceptors (Lipinski definition) is 8. The smallest absolute Gasteiger partial charge is 0.329 e. The van der Waals surface area contributed by atoms with Crippen molar-refractivity contribution in [2.24, 2.45) is 14.1 Å². The van der Waals surface area contributed by atoms with E-state index in [4.69, 9.17) is 10.00 Å². The standard InChI is InChI=1S/C23H16F6N8O2/c1-35-8-12(7-31-35)15-9-37(10-22(25,26)39-15)21-33-16(13-4-3-11(6-30)5-14(13)24)17-18(34-21)19(38)36(2)20(32-17)23(27,28)29/h3-5,7-8,15H,9-10H2,1-2H3. The van der Waals surface area contributed by atoms with Gasteiger partial charge in [-0.3, -0.25) is 14.0 Å². The van der Waals surface area contributed by atoms with Gasteiger partial charge in [0.2, 0.25) is 11.8 Å². The van der Waals surface area contributed by atoms with Crippen molar-refractivity contribution in [2.45, 2.75) is 18.4 Å². The van der Waals surface area contributed by atoms with Crippen molar-refractivity contribution in [1.82, 2.24) is 29.3 Å². The summed E-state index contributed by atoms with van der Waals surface area (Å²) in [6.45, 7) is -1.32. The van der Waals surface area contributed by atoms with E-state index in [1.54, 1.807) is 13.1 Å². The second kappa shape index (κ2) is 9.05. The lowest BCUT2D eigenvalue weighted by Crippen LogP contribution is -2.49. The molecule has 1 aliphatic rings. The van der Waals surface area contributed by atoms with E-state index in [2.05, 4.69) is 20.1 Å². The monoisotopic (exact) mass is 550 g/mol. The van der Waals surface area contributed by atoms with Gasteiger partial charge in [-0.15, -0.1) is 0 Å². The van der Waals surface area contributed by atoms with Gasteiger partial charge in [-0.2, -0.15) is 32.3 Å². The lowest BCUT2D eigenvalue weighted by Gasteiger charge is -2.37. The summed E-state index contributed by atoms with van der Waals surface area (Å²) in [5.41, 5.74) is -3.36. The summed E-state index contributed by atoms with van der Waals surface area (Å²) in [6, 6.07) is 4.78. The highest BCUT2D eigenvalue weighted by atomic mass is 19.4. The average molecular weight is 550 g/mol. The minimum Gasteiger partial charge on any atom is -0.329 e. The van der Waals surface area contributed by atoms with Crippen LogP contribution in [0.2, 0.25) is 0 Å². The largest absolute Gasteiger partial charge is 0.449 e. The lowest BCUT2D eigenvalue weighted by atomic mass is 10.1. The number of benzene rings is 1. The maximum Gasteiger partial charge on any atom is 0.449 e. The van der Waals surface area contributed by atoms with Crippen LogP contribution in [0.4, 0.5) is 32.3 Å². The van der Waals surface area contributed by atoms with Crippen molar-refractivity contribution in [3.63, 3.8) is 0 Å². The molecule has 1 aromatic carbocycles. The highest BCUT2D eigenvalue weighted by Gasteiger charge is 2.44. The zero-order chi connectivity index (χ0) is 28.3. The summed E-state index contributed by atoms with van der Waals surface area (Å²) in [5.74, 6) is -3.14. The van der Waals surface area contributed by atoms with E-state index >= 15 is 4.39 Å². The number of nitrogens with zero attached hydrogens (tertiary/aromatic N) is 8. The van der Waals surface area contributed by atoms with Gasteiger partial charge < -0.3 is 9.64 Å². The second-order valence-electron chi connectivity index (χ2n) is 8.74. The molecule has 3 aromatic heterocycles. The third kappa shape index (κ3) is 4.76. The third-order valence-corrected chi connectivity index (χ3v) is 5.98. The topological polar surface area (TPSA) is 115 Å². The Morgan fingerprint density at radius 3 is 2.51 bits per heavy atom. The minimum absolute atomic E-state index is 0.0955. The van der Waals surface area contributed by atoms with Gasteiger partial charge in [0.25, 0.3) is 5.56 Å². The maximum atomic E-state index is 15.0. The van der Waals surface area contributed by atoms with Crippen LogP contribution in [-0.4, -0.2) is 48.5 Å². The fourth-order valence-electron chi connectivity index (χ4n) is 4.20. The first-order chi connectivity index (χ1) is 18.3. The van der Waals surface area contributed by atoms with Crippen LogP contribution < -0.4 is 10.5 Å². The van der Waals surface area contributed by atoms with Gasteiger partial charge in [-0.05, 0) is 18.2 Å². The molecule has 0 bridgehead atoms. The molecule has 0 aliphatic carbocycles. The van der Waals surface area contributed by atoms with Crippen molar-refractivity contribution < 1.29 is 31.1 Å². The van der Waals surface area contributed by atoms with Crippen molar-refractivity contribution >= 4 is 17.0 Å². The van der Waals surface area contributed by atoms with Crippen LogP contribution in [0.1, 0.15) is 23.1 Å². The van der Waals surface area contributed by atoms with Gasteiger partial charge in [0.1, 0.15) is 29.7 Å². The van der Waals surface area contributed by atoms with Crippen LogP contribution in [0.25, 0.3) is 22.3 Å². The molecule has 0 spiro atoms. The highest BCUT2D eigenvalue weighted by Crippen LogP contribution is 2.37. The number of aryl methyl sites for hydroxylation is 1. The Kier molecular flexibility index (Phi) is 6.06. The van der Waals surface area contributed by atoms with Crippen LogP contribution in [0.5, 0.6) is 0 Å². The first kappa shape index (κ1) is 26.1. The zero-order valence-corrected chi connectivity index (χ0v) is 20.0. The first-order valence-corrected chi connectivity index (χ1v) is 11.1. The van der Waals surface area contributed by atoms with Gasteiger partial charge in [0.05, 0.1) is 24.4 Å². The molecule has 0 N–H and O–H groups in total. The molecule has 1 fully saturated rings. The SMILES string of the molecule is Cn1cc(C2CN(c3nc(-c4ccc(C#N)cc4F)c4nc(C(F)(F)F)n(C)c(=O)c4n3)CC(F)(F)O2)cn1. The van der Waals surface area contributed by atoms with Crippen molar-refractivity contribution in [3.8, 4) is 17.3 Å². The van der Waals surface area contributed by atoms with Crippen LogP contribution in [0.3, 0.4) is 0 Å². The number of fused-ring (bicyclic) bond motifs is 1. The number of aromatic nitrogens is 6. The van der Waals surface area contributed by atoms with E-state index in [0.29, 0.717) is 5.56 Å². The molecule has 0 saturated carbocycles. The molecule has 39 heavy (non-hydrogen) atoms. The molecule has 10 nitrogen and oxygen atoms in total. The summed E-state index contributed by atoms with van der Waals surface area (Å²) >= 11 is 0. The van der Waals surface area contributed by atoms with Crippen LogP contribution >= 0.6 is 0 Å². The zero-order valence-electron chi connectivity index (χ0n) is 20.0. The molecule has 0 amide bonds. The van der Waals surface area contributed by atoms with E-state index in [1.807, 2.05) is 0 Å². The second-order valence-corrected chi connectivity index (χ2v) is 8.74. The number of nitriles is 1. The number of rotatable bonds is 3. The van der Waals surface area contributed by atoms with E-state index in [1.165, 1.54) is 23.1 Å². The Morgan fingerprint density at radius 2 is 1.90 bits per heavy atom. The molecular formula is C23H16F6N8O2. The number of ether oxygens (including phenoxy) is 1. The normalized spacial score (nSPS) is 17.4. The van der Waals surface area contributed by atoms with E-state index in [-0.39, 0.29) is 16.7 Å². The average Bonchev–Trinajstić information content (AvgIpc) is 3.30. The number of alkyl halides is 5. The molecule has 1 atom stereocenters. The Balaban J connectivity index is 1.75. The Bertz CT molecular complexity index is 1710. The molecule has 4 aromatic rings. The molecular weight excluding hydrogens is 534 g/mol. The maximum absolute atomic E-state index is 15.0. The van der Waals surface area contributed by atoms with Crippen LogP contribution in [-0.2, 0) is 25.0 Å². The Hall–Kier alpha value is -4.52. The molecule has 1 aliphatic heterocycles. The quantitative estimate of drug-likeness (QED) is 0.357. The molecule has 202 valence electrons. The van der Waals surface area contributed by atoms with Gasteiger partial charge in [0, 0.05) is 31.4 Å². The van der Waals surface area contributed by atoms with Gasteiger partial charge in [-0.1, -0.05) is 0 Å². The lowest BCUT2D eigenvalue weighted by molar-refractivity contribution is -0.269. The number of hydrogen-bond donors (Lipinski definition) is 0. The molecule has 1 saturated heterocycles. The molecule has 5 rings (SSSR count). The van der Waals surface area contributed by atoms with Crippen LogP contribution in [0.15, 0.2) is 35.4 Å². The van der Waals surface area contributed by atoms with Gasteiger partial charge in [-0.25, -0.2) is 19.3 Å². The van der Waals surface area contributed by atoms with Gasteiger partial charge in [0.15, 0.2) is 5.52 Å². The number of anilines is 1. The third-order valence-electron chi connectivity index (χ3n) is 5.98. The molecule has 16 heteroatoms. The Morgan fingerprint density at radius 1 is 1.15 bits per heavy atom. The summed E-state index contributed by atoms with van der Waals surface area (Å²) in [5, 5.41) is 13.0. The van der Waals surface area contributed by atoms with Gasteiger partial charge >= 0.3 is 12.3 Å². The van der Waals surface area contributed by atoms with Crippen LogP contribution in [0, 0.1) is 17.1 Å². The fourth-order valence-corrected chi connectivity index (χ4v) is 4.20. The number of morpholine rings is 1. The summed E-state index contributed by atoms with van der Waals surface area (Å²) < 4.78 is 91.8. The van der Waals surface area contributed by atoms with E-state index in [0.717, 1.165) is 24.1 Å². The summed E-state index contributed by atoms with van der Waals surface area (Å²) in [4.78, 5) is 25.6. The highest BCUT2D eigenvalue weighted by molar-refractivity contribution is 5.90. The molecule has 0 radical (unpaired) electrons. The summed E-state index contributed by atoms with van der Waals surface area (Å²) in [6.07, 6.45) is -7.22. The van der Waals surface area contributed by atoms with Crippen molar-refractivity contribution in [2.75, 3.05) is 18.0 Å². The fraction of sp³-hybridized carbons (Fsp3) is 0.304. The predicted molar refractivity (Wildman–Crippen MR) is 122 cm³/mol. The summed E-state index contributed by atoms with van der Waals surface area (Å²) in [7, 11) is 2.40. The van der Waals surface area contributed by atoms with E-state index < -0.39 is 70.4 Å². The van der Waals surface area contributed by atoms with Crippen molar-refractivity contribution in [3.05, 3.63) is 63.7 Å². The number of halogens is 6. The molecule has 1 unspecified atom stereocenters. The Labute approximate surface area is 214 Å². The van der Waals surface area contributed by atoms with E-state index in [9.17, 15) is 26.7 Å². The van der Waals surface area contributed by atoms with Crippen molar-refractivity contribution in [1.29, 1.82) is 5.26 Å². The molecule has 4 heterocycles. The first-order valence-electron chi connectivity index (χ1n) is 11.1.